The smallest absolute Gasteiger partial charge is 0.243 e. The van der Waals surface area contributed by atoms with Gasteiger partial charge < -0.3 is 14.4 Å². The third-order valence-corrected chi connectivity index (χ3v) is 8.85. The summed E-state index contributed by atoms with van der Waals surface area (Å²) >= 11 is 0. The third-order valence-electron chi connectivity index (χ3n) is 6.95. The molecule has 1 amide bonds. The van der Waals surface area contributed by atoms with Gasteiger partial charge >= 0.3 is 0 Å². The molecule has 2 aromatic rings. The van der Waals surface area contributed by atoms with Crippen molar-refractivity contribution in [1.29, 1.82) is 0 Å². The molecule has 2 heterocycles. The normalized spacial score (nSPS) is 18.4. The second-order valence-electron chi connectivity index (χ2n) is 9.13. The minimum atomic E-state index is -3.67. The SMILES string of the molecule is COc1ccc(S(=O)(=O)N2CCC(C(=O)N3CCN(C/C=C/c4ccccc4)CC3)CC2)cc1OC. The molecule has 0 radical (unpaired) electrons. The van der Waals surface area contributed by atoms with Crippen molar-refractivity contribution in [2.45, 2.75) is 17.7 Å². The predicted molar refractivity (Wildman–Crippen MR) is 140 cm³/mol. The van der Waals surface area contributed by atoms with E-state index in [0.717, 1.165) is 19.6 Å². The Hall–Kier alpha value is -2.88. The molecular formula is C27H35N3O5S. The Morgan fingerprint density at radius 3 is 2.22 bits per heavy atom. The van der Waals surface area contributed by atoms with Crippen molar-refractivity contribution < 1.29 is 22.7 Å². The molecule has 0 unspecified atom stereocenters. The number of piperidine rings is 1. The zero-order chi connectivity index (χ0) is 25.5. The van der Waals surface area contributed by atoms with Crippen LogP contribution in [0.1, 0.15) is 18.4 Å². The fourth-order valence-corrected chi connectivity index (χ4v) is 6.27. The van der Waals surface area contributed by atoms with E-state index in [4.69, 9.17) is 9.47 Å². The molecule has 0 bridgehead atoms. The molecule has 0 N–H and O–H groups in total. The lowest BCUT2D eigenvalue weighted by Crippen LogP contribution is -2.51. The number of hydrogen-bond acceptors (Lipinski definition) is 6. The van der Waals surface area contributed by atoms with Gasteiger partial charge in [0.2, 0.25) is 15.9 Å². The molecule has 9 heteroatoms. The van der Waals surface area contributed by atoms with Gasteiger partial charge in [0.05, 0.1) is 19.1 Å². The Morgan fingerprint density at radius 2 is 1.58 bits per heavy atom. The number of hydrogen-bond donors (Lipinski definition) is 0. The van der Waals surface area contributed by atoms with E-state index in [-0.39, 0.29) is 16.7 Å². The van der Waals surface area contributed by atoms with Crippen LogP contribution in [0.3, 0.4) is 0 Å². The number of carbonyl (C=O) groups excluding carboxylic acids is 1. The molecule has 0 aromatic heterocycles. The van der Waals surface area contributed by atoms with Crippen molar-refractivity contribution in [2.24, 2.45) is 5.92 Å². The van der Waals surface area contributed by atoms with E-state index < -0.39 is 10.0 Å². The van der Waals surface area contributed by atoms with E-state index in [1.54, 1.807) is 6.07 Å². The highest BCUT2D eigenvalue weighted by atomic mass is 32.2. The first-order chi connectivity index (χ1) is 17.4. The monoisotopic (exact) mass is 513 g/mol. The zero-order valence-corrected chi connectivity index (χ0v) is 21.8. The molecule has 0 aliphatic carbocycles. The summed E-state index contributed by atoms with van der Waals surface area (Å²) in [6, 6.07) is 14.8. The molecule has 2 aliphatic heterocycles. The molecule has 0 saturated carbocycles. The maximum absolute atomic E-state index is 13.2. The summed E-state index contributed by atoms with van der Waals surface area (Å²) in [6.07, 6.45) is 5.36. The molecule has 8 nitrogen and oxygen atoms in total. The van der Waals surface area contributed by atoms with Crippen molar-refractivity contribution in [1.82, 2.24) is 14.1 Å². The van der Waals surface area contributed by atoms with Crippen molar-refractivity contribution in [3.63, 3.8) is 0 Å². The van der Waals surface area contributed by atoms with E-state index in [0.29, 0.717) is 50.5 Å². The third kappa shape index (κ3) is 6.08. The molecule has 0 atom stereocenters. The summed E-state index contributed by atoms with van der Waals surface area (Å²) < 4.78 is 38.3. The predicted octanol–water partition coefficient (Wildman–Crippen LogP) is 2.96. The summed E-state index contributed by atoms with van der Waals surface area (Å²) in [6.45, 7) is 4.64. The van der Waals surface area contributed by atoms with Crippen LogP contribution in [0.4, 0.5) is 0 Å². The van der Waals surface area contributed by atoms with E-state index in [1.807, 2.05) is 23.1 Å². The Labute approximate surface area is 214 Å². The van der Waals surface area contributed by atoms with Gasteiger partial charge in [-0.05, 0) is 30.5 Å². The summed E-state index contributed by atoms with van der Waals surface area (Å²) in [5.74, 6) is 0.871. The quantitative estimate of drug-likeness (QED) is 0.540. The Kier molecular flexibility index (Phi) is 8.66. The number of nitrogens with zero attached hydrogens (tertiary/aromatic N) is 3. The van der Waals surface area contributed by atoms with Crippen LogP contribution < -0.4 is 9.47 Å². The maximum atomic E-state index is 13.2. The molecule has 2 aliphatic rings. The number of ether oxygens (including phenoxy) is 2. The highest BCUT2D eigenvalue weighted by Crippen LogP contribution is 2.32. The number of rotatable bonds is 8. The fraction of sp³-hybridized carbons (Fsp3) is 0.444. The first-order valence-electron chi connectivity index (χ1n) is 12.4. The summed E-state index contributed by atoms with van der Waals surface area (Å²) in [5.41, 5.74) is 1.19. The summed E-state index contributed by atoms with van der Waals surface area (Å²) in [4.78, 5) is 17.6. The van der Waals surface area contributed by atoms with Crippen LogP contribution in [0.5, 0.6) is 11.5 Å². The lowest BCUT2D eigenvalue weighted by molar-refractivity contribution is -0.138. The Balaban J connectivity index is 1.26. The van der Waals surface area contributed by atoms with Crippen molar-refractivity contribution in [3.8, 4) is 11.5 Å². The van der Waals surface area contributed by atoms with Crippen LogP contribution >= 0.6 is 0 Å². The number of sulfonamides is 1. The van der Waals surface area contributed by atoms with Gasteiger partial charge in [0, 0.05) is 57.8 Å². The van der Waals surface area contributed by atoms with Crippen LogP contribution in [-0.2, 0) is 14.8 Å². The minimum absolute atomic E-state index is 0.133. The number of piperazine rings is 1. The average molecular weight is 514 g/mol. The van der Waals surface area contributed by atoms with E-state index in [9.17, 15) is 13.2 Å². The zero-order valence-electron chi connectivity index (χ0n) is 21.0. The molecule has 4 rings (SSSR count). The highest BCUT2D eigenvalue weighted by molar-refractivity contribution is 7.89. The average Bonchev–Trinajstić information content (AvgIpc) is 2.93. The summed E-state index contributed by atoms with van der Waals surface area (Å²) in [5, 5.41) is 0. The van der Waals surface area contributed by atoms with Gasteiger partial charge in [-0.15, -0.1) is 0 Å². The molecule has 36 heavy (non-hydrogen) atoms. The molecule has 0 spiro atoms. The topological polar surface area (TPSA) is 79.4 Å². The van der Waals surface area contributed by atoms with Gasteiger partial charge in [-0.1, -0.05) is 42.5 Å². The minimum Gasteiger partial charge on any atom is -0.493 e. The first-order valence-corrected chi connectivity index (χ1v) is 13.8. The second kappa shape index (κ2) is 11.9. The van der Waals surface area contributed by atoms with Crippen molar-refractivity contribution >= 4 is 22.0 Å². The lowest BCUT2D eigenvalue weighted by Gasteiger charge is -2.38. The second-order valence-corrected chi connectivity index (χ2v) is 11.1. The van der Waals surface area contributed by atoms with Gasteiger partial charge in [0.1, 0.15) is 0 Å². The van der Waals surface area contributed by atoms with Gasteiger partial charge in [-0.25, -0.2) is 8.42 Å². The van der Waals surface area contributed by atoms with Gasteiger partial charge in [-0.3, -0.25) is 9.69 Å². The summed E-state index contributed by atoms with van der Waals surface area (Å²) in [7, 11) is -0.681. The van der Waals surface area contributed by atoms with Crippen LogP contribution in [-0.4, -0.2) is 88.5 Å². The molecule has 2 fully saturated rings. The Bertz CT molecular complexity index is 1150. The van der Waals surface area contributed by atoms with Crippen LogP contribution in [0.25, 0.3) is 6.08 Å². The standard InChI is InChI=1S/C27H35N3O5S/c1-34-25-11-10-24(21-26(25)35-2)36(32,33)30-15-12-23(13-16-30)27(31)29-19-17-28(18-20-29)14-6-9-22-7-4-3-5-8-22/h3-11,21,23H,12-20H2,1-2H3/b9-6+. The van der Waals surface area contributed by atoms with Crippen LogP contribution in [0.15, 0.2) is 59.5 Å². The largest absolute Gasteiger partial charge is 0.493 e. The lowest BCUT2D eigenvalue weighted by atomic mass is 9.96. The highest BCUT2D eigenvalue weighted by Gasteiger charge is 2.35. The van der Waals surface area contributed by atoms with Crippen molar-refractivity contribution in [2.75, 3.05) is 60.0 Å². The first kappa shape index (κ1) is 26.2. The van der Waals surface area contributed by atoms with E-state index in [1.165, 1.54) is 36.2 Å². The number of carbonyl (C=O) groups is 1. The van der Waals surface area contributed by atoms with Gasteiger partial charge in [0.15, 0.2) is 11.5 Å². The Morgan fingerprint density at radius 1 is 0.917 bits per heavy atom. The maximum Gasteiger partial charge on any atom is 0.243 e. The number of amides is 1. The van der Waals surface area contributed by atoms with Crippen molar-refractivity contribution in [3.05, 3.63) is 60.2 Å². The van der Waals surface area contributed by atoms with Crippen LogP contribution in [0, 0.1) is 5.92 Å². The van der Waals surface area contributed by atoms with Crippen LogP contribution in [0.2, 0.25) is 0 Å². The molecule has 2 aromatic carbocycles. The fourth-order valence-electron chi connectivity index (χ4n) is 4.78. The van der Waals surface area contributed by atoms with Gasteiger partial charge in [0.25, 0.3) is 0 Å². The molecule has 194 valence electrons. The number of benzene rings is 2. The van der Waals surface area contributed by atoms with E-state index in [2.05, 4.69) is 29.2 Å². The van der Waals surface area contributed by atoms with E-state index >= 15 is 0 Å². The van der Waals surface area contributed by atoms with Gasteiger partial charge in [-0.2, -0.15) is 4.31 Å². The number of methoxy groups -OCH3 is 2. The molecule has 2 saturated heterocycles. The molecular weight excluding hydrogens is 478 g/mol.